The molecule has 1 saturated heterocycles. The molecule has 5 heteroatoms. The van der Waals surface area contributed by atoms with Crippen molar-refractivity contribution in [1.82, 2.24) is 10.2 Å². The third-order valence-electron chi connectivity index (χ3n) is 4.40. The van der Waals surface area contributed by atoms with E-state index >= 15 is 0 Å². The van der Waals surface area contributed by atoms with Gasteiger partial charge in [-0.05, 0) is 45.7 Å². The second-order valence-electron chi connectivity index (χ2n) is 5.98. The minimum atomic E-state index is -0.557. The molecule has 124 valence electrons. The van der Waals surface area contributed by atoms with Gasteiger partial charge in [0.25, 0.3) is 0 Å². The van der Waals surface area contributed by atoms with E-state index in [1.165, 1.54) is 7.11 Å². The number of ether oxygens (including phenoxy) is 2. The molecule has 1 heterocycles. The summed E-state index contributed by atoms with van der Waals surface area (Å²) in [5.74, 6) is -0.165. The normalized spacial score (nSPS) is 22.8. The molecule has 1 rings (SSSR count). The predicted octanol–water partition coefficient (Wildman–Crippen LogP) is 1.81. The van der Waals surface area contributed by atoms with E-state index in [0.717, 1.165) is 58.5 Å². The van der Waals surface area contributed by atoms with Gasteiger partial charge in [-0.1, -0.05) is 13.8 Å². The second kappa shape index (κ2) is 9.38. The molecular weight excluding hydrogens is 268 g/mol. The number of hydrogen-bond acceptors (Lipinski definition) is 5. The van der Waals surface area contributed by atoms with Crippen LogP contribution in [0.1, 0.15) is 46.5 Å². The molecule has 1 fully saturated rings. The molecule has 0 aromatic rings. The number of carbonyl (C=O) groups excluding carboxylic acids is 1. The van der Waals surface area contributed by atoms with Crippen LogP contribution < -0.4 is 5.32 Å². The van der Waals surface area contributed by atoms with Crippen LogP contribution in [0.15, 0.2) is 0 Å². The molecule has 0 saturated carbocycles. The zero-order valence-electron chi connectivity index (χ0n) is 14.1. The number of likely N-dealkylation sites (N-methyl/N-ethyl adjacent to an activating group) is 1. The van der Waals surface area contributed by atoms with E-state index in [2.05, 4.69) is 17.1 Å². The summed E-state index contributed by atoms with van der Waals surface area (Å²) in [6.45, 7) is 10.7. The Bertz CT molecular complexity index is 312. The van der Waals surface area contributed by atoms with Gasteiger partial charge >= 0.3 is 5.97 Å². The van der Waals surface area contributed by atoms with Crippen molar-refractivity contribution in [2.75, 3.05) is 40.0 Å². The van der Waals surface area contributed by atoms with E-state index in [1.54, 1.807) is 0 Å². The quantitative estimate of drug-likeness (QED) is 0.520. The fourth-order valence-electron chi connectivity index (χ4n) is 3.03. The fourth-order valence-corrected chi connectivity index (χ4v) is 3.03. The zero-order chi connectivity index (χ0) is 15.7. The number of hydrogen-bond donors (Lipinski definition) is 1. The van der Waals surface area contributed by atoms with Crippen LogP contribution in [-0.2, 0) is 14.3 Å². The van der Waals surface area contributed by atoms with Crippen molar-refractivity contribution in [2.45, 2.75) is 58.0 Å². The van der Waals surface area contributed by atoms with Gasteiger partial charge in [-0.15, -0.1) is 0 Å². The lowest BCUT2D eigenvalue weighted by Gasteiger charge is -2.35. The number of carbonyl (C=O) groups is 1. The van der Waals surface area contributed by atoms with Crippen LogP contribution in [0.25, 0.3) is 0 Å². The van der Waals surface area contributed by atoms with Crippen LogP contribution in [0.3, 0.4) is 0 Å². The van der Waals surface area contributed by atoms with Gasteiger partial charge in [0.2, 0.25) is 0 Å². The van der Waals surface area contributed by atoms with Crippen LogP contribution in [-0.4, -0.2) is 62.4 Å². The lowest BCUT2D eigenvalue weighted by atomic mass is 9.94. The summed E-state index contributed by atoms with van der Waals surface area (Å²) in [5, 5.41) is 3.26. The Morgan fingerprint density at radius 3 is 2.81 bits per heavy atom. The van der Waals surface area contributed by atoms with Crippen molar-refractivity contribution in [3.05, 3.63) is 0 Å². The monoisotopic (exact) mass is 300 g/mol. The van der Waals surface area contributed by atoms with E-state index in [9.17, 15) is 4.79 Å². The van der Waals surface area contributed by atoms with Gasteiger partial charge in [0, 0.05) is 12.6 Å². The first kappa shape index (κ1) is 18.4. The molecule has 1 N–H and O–H groups in total. The maximum atomic E-state index is 11.9. The lowest BCUT2D eigenvalue weighted by Crippen LogP contribution is -2.50. The van der Waals surface area contributed by atoms with Gasteiger partial charge in [-0.25, -0.2) is 0 Å². The number of methoxy groups -OCH3 is 1. The third-order valence-corrected chi connectivity index (χ3v) is 4.40. The fraction of sp³-hybridized carbons (Fsp3) is 0.938. The van der Waals surface area contributed by atoms with E-state index in [0.29, 0.717) is 6.04 Å². The average molecular weight is 300 g/mol. The van der Waals surface area contributed by atoms with E-state index < -0.39 is 5.54 Å². The predicted molar refractivity (Wildman–Crippen MR) is 84.4 cm³/mol. The Morgan fingerprint density at radius 1 is 1.43 bits per heavy atom. The van der Waals surface area contributed by atoms with Crippen molar-refractivity contribution in [3.63, 3.8) is 0 Å². The van der Waals surface area contributed by atoms with Crippen molar-refractivity contribution in [3.8, 4) is 0 Å². The standard InChI is InChI=1S/C16H32N2O3/c1-5-14-13-21-12-11-18(14)10-8-7-9-16(3,17-6-2)15(19)20-4/h14,17H,5-13H2,1-4H3. The number of nitrogens with zero attached hydrogens (tertiary/aromatic N) is 1. The maximum absolute atomic E-state index is 11.9. The van der Waals surface area contributed by atoms with E-state index in [1.807, 2.05) is 13.8 Å². The molecule has 2 atom stereocenters. The minimum absolute atomic E-state index is 0.165. The SMILES string of the molecule is CCNC(C)(CCCCN1CCOCC1CC)C(=O)OC. The van der Waals surface area contributed by atoms with Crippen molar-refractivity contribution < 1.29 is 14.3 Å². The molecule has 0 aromatic heterocycles. The molecule has 21 heavy (non-hydrogen) atoms. The van der Waals surface area contributed by atoms with Gasteiger partial charge in [-0.3, -0.25) is 9.69 Å². The molecular formula is C16H32N2O3. The molecule has 5 nitrogen and oxygen atoms in total. The molecule has 0 bridgehead atoms. The van der Waals surface area contributed by atoms with E-state index in [-0.39, 0.29) is 5.97 Å². The highest BCUT2D eigenvalue weighted by molar-refractivity contribution is 5.80. The first-order valence-corrected chi connectivity index (χ1v) is 8.22. The summed E-state index contributed by atoms with van der Waals surface area (Å²) in [4.78, 5) is 14.4. The largest absolute Gasteiger partial charge is 0.468 e. The molecule has 1 aliphatic heterocycles. The molecule has 0 aliphatic carbocycles. The number of morpholine rings is 1. The Morgan fingerprint density at radius 2 is 2.19 bits per heavy atom. The number of esters is 1. The van der Waals surface area contributed by atoms with Crippen LogP contribution >= 0.6 is 0 Å². The van der Waals surface area contributed by atoms with E-state index in [4.69, 9.17) is 9.47 Å². The summed E-state index contributed by atoms with van der Waals surface area (Å²) in [6, 6.07) is 0.555. The summed E-state index contributed by atoms with van der Waals surface area (Å²) in [6.07, 6.45) is 4.08. The second-order valence-corrected chi connectivity index (χ2v) is 5.98. The van der Waals surface area contributed by atoms with Gasteiger partial charge in [0.05, 0.1) is 20.3 Å². The Labute approximate surface area is 129 Å². The van der Waals surface area contributed by atoms with Gasteiger partial charge in [-0.2, -0.15) is 0 Å². The number of nitrogens with one attached hydrogen (secondary N) is 1. The smallest absolute Gasteiger partial charge is 0.325 e. The molecule has 0 amide bonds. The van der Waals surface area contributed by atoms with Gasteiger partial charge < -0.3 is 14.8 Å². The van der Waals surface area contributed by atoms with Crippen LogP contribution in [0, 0.1) is 0 Å². The highest BCUT2D eigenvalue weighted by Crippen LogP contribution is 2.17. The molecule has 0 aromatic carbocycles. The number of unbranched alkanes of at least 4 members (excludes halogenated alkanes) is 1. The molecule has 0 spiro atoms. The minimum Gasteiger partial charge on any atom is -0.468 e. The molecule has 1 aliphatic rings. The van der Waals surface area contributed by atoms with Crippen LogP contribution in [0.4, 0.5) is 0 Å². The third kappa shape index (κ3) is 5.57. The van der Waals surface area contributed by atoms with Gasteiger partial charge in [0.1, 0.15) is 5.54 Å². The summed E-state index contributed by atoms with van der Waals surface area (Å²) >= 11 is 0. The highest BCUT2D eigenvalue weighted by Gasteiger charge is 2.32. The molecule has 2 unspecified atom stereocenters. The van der Waals surface area contributed by atoms with Crippen molar-refractivity contribution >= 4 is 5.97 Å². The first-order valence-electron chi connectivity index (χ1n) is 8.22. The Balaban J connectivity index is 2.35. The Kier molecular flexibility index (Phi) is 8.22. The Hall–Kier alpha value is -0.650. The zero-order valence-corrected chi connectivity index (χ0v) is 14.1. The lowest BCUT2D eigenvalue weighted by molar-refractivity contribution is -0.148. The summed E-state index contributed by atoms with van der Waals surface area (Å²) < 4.78 is 10.4. The van der Waals surface area contributed by atoms with Gasteiger partial charge in [0.15, 0.2) is 0 Å². The first-order chi connectivity index (χ1) is 10.1. The molecule has 0 radical (unpaired) electrons. The van der Waals surface area contributed by atoms with Crippen LogP contribution in [0.2, 0.25) is 0 Å². The number of rotatable bonds is 9. The highest BCUT2D eigenvalue weighted by atomic mass is 16.5. The topological polar surface area (TPSA) is 50.8 Å². The van der Waals surface area contributed by atoms with Crippen molar-refractivity contribution in [1.29, 1.82) is 0 Å². The summed E-state index contributed by atoms with van der Waals surface area (Å²) in [7, 11) is 1.46. The van der Waals surface area contributed by atoms with Crippen LogP contribution in [0.5, 0.6) is 0 Å². The maximum Gasteiger partial charge on any atom is 0.325 e. The van der Waals surface area contributed by atoms with Crippen molar-refractivity contribution in [2.24, 2.45) is 0 Å². The summed E-state index contributed by atoms with van der Waals surface area (Å²) in [5.41, 5.74) is -0.557. The average Bonchev–Trinajstić information content (AvgIpc) is 2.51.